The molecule has 116 valence electrons. The van der Waals surface area contributed by atoms with Crippen LogP contribution < -0.4 is 11.2 Å². The molecule has 0 aliphatic rings. The second kappa shape index (κ2) is 7.33. The number of H-pyrrole nitrogens is 1. The molecule has 0 aliphatic heterocycles. The van der Waals surface area contributed by atoms with Crippen molar-refractivity contribution in [2.75, 3.05) is 0 Å². The van der Waals surface area contributed by atoms with Crippen molar-refractivity contribution in [3.05, 3.63) is 60.3 Å². The van der Waals surface area contributed by atoms with Gasteiger partial charge in [-0.15, -0.1) is 0 Å². The number of halogens is 2. The summed E-state index contributed by atoms with van der Waals surface area (Å²) in [5.74, 6) is -3.56. The van der Waals surface area contributed by atoms with Crippen molar-refractivity contribution in [3.8, 4) is 5.69 Å². The molecule has 1 aromatic heterocycles. The average Bonchev–Trinajstić information content (AvgIpc) is 2.35. The molecule has 0 fully saturated rings. The fourth-order valence-electron chi connectivity index (χ4n) is 1.85. The Kier molecular flexibility index (Phi) is 6.20. The van der Waals surface area contributed by atoms with Gasteiger partial charge in [-0.3, -0.25) is 14.3 Å². The number of aromatic amines is 1. The number of hydrogen-bond donors (Lipinski definition) is 3. The number of nitrogens with one attached hydrogen (secondary N) is 1. The summed E-state index contributed by atoms with van der Waals surface area (Å²) in [6.07, 6.45) is 0. The molecule has 0 amide bonds. The Morgan fingerprint density at radius 2 is 1.52 bits per heavy atom. The van der Waals surface area contributed by atoms with Gasteiger partial charge in [0.1, 0.15) is 0 Å². The molecule has 1 aromatic carbocycles. The molecule has 3 N–H and O–H groups in total. The van der Waals surface area contributed by atoms with Crippen molar-refractivity contribution in [1.29, 1.82) is 0 Å². The first-order chi connectivity index (χ1) is 10.2. The molecule has 0 saturated carbocycles. The standard InChI is InChI=1S/C12H6Cl2N2O6.Na.H/c13-4-1-5(14)3-6(2-4)16-8(11(20)21)7(10(18)19)9(17)15-12(16)22;;/h1-3H,(H,18,19)(H,20,21)(H,15,17,22);;. The summed E-state index contributed by atoms with van der Waals surface area (Å²) < 4.78 is 0.505. The van der Waals surface area contributed by atoms with Gasteiger partial charge >= 0.3 is 47.2 Å². The monoisotopic (exact) mass is 368 g/mol. The van der Waals surface area contributed by atoms with Gasteiger partial charge in [0.2, 0.25) is 0 Å². The van der Waals surface area contributed by atoms with Gasteiger partial charge in [0.25, 0.3) is 5.56 Å². The number of carboxylic acids is 2. The first-order valence-electron chi connectivity index (χ1n) is 5.54. The van der Waals surface area contributed by atoms with Gasteiger partial charge < -0.3 is 10.2 Å². The van der Waals surface area contributed by atoms with E-state index in [1.165, 1.54) is 18.2 Å². The van der Waals surface area contributed by atoms with Crippen molar-refractivity contribution in [1.82, 2.24) is 9.55 Å². The SMILES string of the molecule is O=C(O)c1c(C(=O)O)n(-c2cc(Cl)cc(Cl)c2)c(=O)[nH]c1=O.[NaH]. The molecule has 0 radical (unpaired) electrons. The number of aromatic carboxylic acids is 2. The molecule has 23 heavy (non-hydrogen) atoms. The van der Waals surface area contributed by atoms with Crippen LogP contribution in [0.3, 0.4) is 0 Å². The number of rotatable bonds is 3. The molecule has 2 rings (SSSR count). The van der Waals surface area contributed by atoms with Crippen LogP contribution in [0.1, 0.15) is 20.8 Å². The van der Waals surface area contributed by atoms with Crippen molar-refractivity contribution in [2.45, 2.75) is 0 Å². The Bertz CT molecular complexity index is 900. The van der Waals surface area contributed by atoms with E-state index in [1.807, 2.05) is 0 Å². The molecule has 2 aromatic rings. The zero-order valence-electron chi connectivity index (χ0n) is 10.5. The van der Waals surface area contributed by atoms with E-state index < -0.39 is 34.4 Å². The zero-order chi connectivity index (χ0) is 16.6. The molecule has 0 unspecified atom stereocenters. The first-order valence-corrected chi connectivity index (χ1v) is 6.30. The summed E-state index contributed by atoms with van der Waals surface area (Å²) in [4.78, 5) is 47.7. The van der Waals surface area contributed by atoms with Gasteiger partial charge in [0.15, 0.2) is 11.3 Å². The summed E-state index contributed by atoms with van der Waals surface area (Å²) in [7, 11) is 0. The van der Waals surface area contributed by atoms with Crippen molar-refractivity contribution in [3.63, 3.8) is 0 Å². The molecule has 0 spiro atoms. The van der Waals surface area contributed by atoms with Gasteiger partial charge in [0, 0.05) is 10.0 Å². The van der Waals surface area contributed by atoms with Crippen LogP contribution >= 0.6 is 23.2 Å². The van der Waals surface area contributed by atoms with Gasteiger partial charge in [0.05, 0.1) is 5.69 Å². The predicted molar refractivity (Wildman–Crippen MR) is 83.7 cm³/mol. The second-order valence-electron chi connectivity index (χ2n) is 4.06. The number of benzene rings is 1. The molecule has 0 aliphatic carbocycles. The third-order valence-corrected chi connectivity index (χ3v) is 3.07. The van der Waals surface area contributed by atoms with Crippen LogP contribution in [0.4, 0.5) is 0 Å². The predicted octanol–water partition coefficient (Wildman–Crippen LogP) is 0.580. The van der Waals surface area contributed by atoms with E-state index in [-0.39, 0.29) is 45.3 Å². The van der Waals surface area contributed by atoms with E-state index >= 15 is 0 Å². The van der Waals surface area contributed by atoms with Crippen LogP contribution in [0.5, 0.6) is 0 Å². The Balaban J connectivity index is 0.00000264. The fraction of sp³-hybridized carbons (Fsp3) is 0. The van der Waals surface area contributed by atoms with Crippen molar-refractivity contribution in [2.24, 2.45) is 0 Å². The Labute approximate surface area is 159 Å². The molecule has 1 heterocycles. The minimum atomic E-state index is -1.79. The Morgan fingerprint density at radius 3 is 1.96 bits per heavy atom. The number of hydrogen-bond acceptors (Lipinski definition) is 4. The molecule has 0 saturated heterocycles. The van der Waals surface area contributed by atoms with Gasteiger partial charge in [-0.1, -0.05) is 23.2 Å². The summed E-state index contributed by atoms with van der Waals surface area (Å²) >= 11 is 11.6. The van der Waals surface area contributed by atoms with E-state index in [0.717, 1.165) is 0 Å². The third kappa shape index (κ3) is 3.85. The first kappa shape index (κ1) is 19.5. The summed E-state index contributed by atoms with van der Waals surface area (Å²) in [5, 5.41) is 18.4. The number of aromatic nitrogens is 2. The zero-order valence-corrected chi connectivity index (χ0v) is 12.0. The van der Waals surface area contributed by atoms with Crippen LogP contribution in [0.25, 0.3) is 5.69 Å². The number of carbonyl (C=O) groups is 2. The van der Waals surface area contributed by atoms with Crippen molar-refractivity contribution < 1.29 is 19.8 Å². The van der Waals surface area contributed by atoms with Crippen LogP contribution in [-0.4, -0.2) is 61.3 Å². The second-order valence-corrected chi connectivity index (χ2v) is 4.93. The van der Waals surface area contributed by atoms with E-state index in [2.05, 4.69) is 0 Å². The van der Waals surface area contributed by atoms with Crippen LogP contribution in [-0.2, 0) is 0 Å². The fourth-order valence-corrected chi connectivity index (χ4v) is 2.37. The minimum absolute atomic E-state index is 0. The molecular weight excluding hydrogens is 362 g/mol. The summed E-state index contributed by atoms with van der Waals surface area (Å²) in [6.45, 7) is 0. The molecule has 0 bridgehead atoms. The van der Waals surface area contributed by atoms with Gasteiger partial charge in [-0.2, -0.15) is 0 Å². The Morgan fingerprint density at radius 1 is 1.00 bits per heavy atom. The summed E-state index contributed by atoms with van der Waals surface area (Å²) in [6, 6.07) is 3.73. The Hall–Kier alpha value is -1.58. The molecule has 0 atom stereocenters. The van der Waals surface area contributed by atoms with E-state index in [9.17, 15) is 24.3 Å². The quantitative estimate of drug-likeness (QED) is 0.679. The number of carboxylic acid groups (broad SMARTS) is 2. The van der Waals surface area contributed by atoms with Crippen LogP contribution in [0.15, 0.2) is 27.8 Å². The topological polar surface area (TPSA) is 129 Å². The van der Waals surface area contributed by atoms with Gasteiger partial charge in [-0.25, -0.2) is 14.4 Å². The third-order valence-electron chi connectivity index (χ3n) is 2.63. The number of nitrogens with zero attached hydrogens (tertiary/aromatic N) is 1. The van der Waals surface area contributed by atoms with Crippen LogP contribution in [0, 0.1) is 0 Å². The van der Waals surface area contributed by atoms with E-state index in [0.29, 0.717) is 4.57 Å². The molecule has 8 nitrogen and oxygen atoms in total. The maximum atomic E-state index is 11.9. The van der Waals surface area contributed by atoms with Crippen molar-refractivity contribution >= 4 is 64.7 Å². The maximum absolute atomic E-state index is 11.9. The van der Waals surface area contributed by atoms with Gasteiger partial charge in [-0.05, 0) is 18.2 Å². The van der Waals surface area contributed by atoms with E-state index in [1.54, 1.807) is 4.98 Å². The molecular formula is C12H7Cl2N2NaO6. The summed E-state index contributed by atoms with van der Waals surface area (Å²) in [5.41, 5.74) is -4.63. The van der Waals surface area contributed by atoms with E-state index in [4.69, 9.17) is 28.3 Å². The average molecular weight is 369 g/mol. The normalized spacial score (nSPS) is 10.0. The molecule has 11 heteroatoms. The van der Waals surface area contributed by atoms with Crippen LogP contribution in [0.2, 0.25) is 10.0 Å².